The van der Waals surface area contributed by atoms with E-state index in [1.807, 2.05) is 29.6 Å². The van der Waals surface area contributed by atoms with Gasteiger partial charge in [0.05, 0.1) is 13.3 Å². The third kappa shape index (κ3) is 2.80. The first kappa shape index (κ1) is 13.4. The quantitative estimate of drug-likeness (QED) is 0.594. The van der Waals surface area contributed by atoms with E-state index in [0.29, 0.717) is 11.3 Å². The van der Waals surface area contributed by atoms with Gasteiger partial charge in [-0.2, -0.15) is 5.10 Å². The number of nitrogens with one attached hydrogen (secondary N) is 1. The number of benzene rings is 1. The molecule has 0 saturated carbocycles. The van der Waals surface area contributed by atoms with Crippen LogP contribution < -0.4 is 10.2 Å². The number of hydrazone groups is 1. The minimum atomic E-state index is -0.402. The molecule has 0 saturated heterocycles. The van der Waals surface area contributed by atoms with Crippen LogP contribution >= 0.6 is 11.3 Å². The van der Waals surface area contributed by atoms with Crippen LogP contribution in [0.2, 0.25) is 0 Å². The Bertz CT molecular complexity index is 790. The number of thiophene rings is 1. The van der Waals surface area contributed by atoms with E-state index >= 15 is 0 Å². The molecule has 0 aliphatic carbocycles. The lowest BCUT2D eigenvalue weighted by molar-refractivity contribution is 0.0929. The molecule has 0 unspecified atom stereocenters. The fraction of sp³-hybridized carbons (Fsp3) is 0.0667. The van der Waals surface area contributed by atoms with Crippen LogP contribution in [0.5, 0.6) is 5.75 Å². The van der Waals surface area contributed by atoms with Gasteiger partial charge >= 0.3 is 5.91 Å². The van der Waals surface area contributed by atoms with E-state index in [9.17, 15) is 4.79 Å². The minimum absolute atomic E-state index is 0.192. The second-order valence-electron chi connectivity index (χ2n) is 4.20. The van der Waals surface area contributed by atoms with Gasteiger partial charge in [0.25, 0.3) is 0 Å². The number of carbonyl (C=O) groups excluding carboxylic acids is 1. The maximum atomic E-state index is 12.0. The second-order valence-corrected chi connectivity index (χ2v) is 5.18. The summed E-state index contributed by atoms with van der Waals surface area (Å²) in [6.45, 7) is 0. The Morgan fingerprint density at radius 2 is 2.29 bits per heavy atom. The number of para-hydroxylation sites is 1. The molecule has 2 heterocycles. The monoisotopic (exact) mass is 300 g/mol. The summed E-state index contributed by atoms with van der Waals surface area (Å²) in [7, 11) is 1.56. The fourth-order valence-electron chi connectivity index (χ4n) is 1.88. The van der Waals surface area contributed by atoms with Crippen molar-refractivity contribution in [3.05, 3.63) is 52.4 Å². The Kier molecular flexibility index (Phi) is 3.70. The molecule has 2 aromatic heterocycles. The molecule has 5 nitrogen and oxygen atoms in total. The summed E-state index contributed by atoms with van der Waals surface area (Å²) in [5.74, 6) is 0.382. The molecule has 3 rings (SSSR count). The first-order valence-corrected chi connectivity index (χ1v) is 7.09. The van der Waals surface area contributed by atoms with Crippen molar-refractivity contribution in [2.45, 2.75) is 0 Å². The van der Waals surface area contributed by atoms with Gasteiger partial charge in [0, 0.05) is 10.3 Å². The van der Waals surface area contributed by atoms with Crippen LogP contribution in [0, 0.1) is 0 Å². The lowest BCUT2D eigenvalue weighted by Gasteiger charge is -1.98. The zero-order valence-electron chi connectivity index (χ0n) is 11.2. The van der Waals surface area contributed by atoms with Crippen LogP contribution in [0.15, 0.2) is 51.3 Å². The number of hydrogen-bond acceptors (Lipinski definition) is 5. The number of ether oxygens (including phenoxy) is 1. The van der Waals surface area contributed by atoms with Crippen molar-refractivity contribution in [2.24, 2.45) is 5.10 Å². The number of amides is 1. The van der Waals surface area contributed by atoms with E-state index in [0.717, 1.165) is 10.3 Å². The molecule has 1 amide bonds. The SMILES string of the molecule is COc1cccc2cc(C(=O)N/N=C\c3cccs3)oc12. The molecule has 21 heavy (non-hydrogen) atoms. The Balaban J connectivity index is 1.78. The zero-order valence-corrected chi connectivity index (χ0v) is 12.0. The van der Waals surface area contributed by atoms with Crippen molar-refractivity contribution in [1.29, 1.82) is 0 Å². The molecule has 1 N–H and O–H groups in total. The molecule has 0 atom stereocenters. The van der Waals surface area contributed by atoms with Gasteiger partial charge in [0.2, 0.25) is 0 Å². The number of methoxy groups -OCH3 is 1. The van der Waals surface area contributed by atoms with Gasteiger partial charge in [0.15, 0.2) is 17.1 Å². The summed E-state index contributed by atoms with van der Waals surface area (Å²) >= 11 is 1.54. The highest BCUT2D eigenvalue weighted by Gasteiger charge is 2.14. The maximum absolute atomic E-state index is 12.0. The average molecular weight is 300 g/mol. The molecule has 0 aliphatic heterocycles. The molecule has 106 valence electrons. The normalized spacial score (nSPS) is 11.1. The largest absolute Gasteiger partial charge is 0.493 e. The number of nitrogens with zero attached hydrogens (tertiary/aromatic N) is 1. The first-order valence-electron chi connectivity index (χ1n) is 6.21. The fourth-order valence-corrected chi connectivity index (χ4v) is 2.47. The van der Waals surface area contributed by atoms with Gasteiger partial charge in [-0.05, 0) is 23.6 Å². The van der Waals surface area contributed by atoms with Crippen molar-refractivity contribution >= 4 is 34.4 Å². The van der Waals surface area contributed by atoms with E-state index in [4.69, 9.17) is 9.15 Å². The molecule has 0 aliphatic rings. The summed E-state index contributed by atoms with van der Waals surface area (Å²) in [6.07, 6.45) is 1.59. The molecule has 0 bridgehead atoms. The van der Waals surface area contributed by atoms with Gasteiger partial charge < -0.3 is 9.15 Å². The minimum Gasteiger partial charge on any atom is -0.493 e. The summed E-state index contributed by atoms with van der Waals surface area (Å²) in [5, 5.41) is 6.64. The van der Waals surface area contributed by atoms with Crippen molar-refractivity contribution in [3.8, 4) is 5.75 Å². The van der Waals surface area contributed by atoms with Gasteiger partial charge in [-0.25, -0.2) is 5.43 Å². The van der Waals surface area contributed by atoms with Crippen LogP contribution in [0.4, 0.5) is 0 Å². The van der Waals surface area contributed by atoms with Gasteiger partial charge in [-0.3, -0.25) is 4.79 Å². The highest BCUT2D eigenvalue weighted by atomic mass is 32.1. The van der Waals surface area contributed by atoms with E-state index in [1.165, 1.54) is 11.3 Å². The predicted molar refractivity (Wildman–Crippen MR) is 82.1 cm³/mol. The molecular formula is C15H12N2O3S. The summed E-state index contributed by atoms with van der Waals surface area (Å²) < 4.78 is 10.7. The van der Waals surface area contributed by atoms with Gasteiger partial charge in [0.1, 0.15) is 0 Å². The van der Waals surface area contributed by atoms with Crippen molar-refractivity contribution in [1.82, 2.24) is 5.43 Å². The maximum Gasteiger partial charge on any atom is 0.307 e. The van der Waals surface area contributed by atoms with Crippen LogP contribution in [-0.2, 0) is 0 Å². The average Bonchev–Trinajstić information content (AvgIpc) is 3.15. The number of rotatable bonds is 4. The lowest BCUT2D eigenvalue weighted by atomic mass is 10.2. The van der Waals surface area contributed by atoms with Crippen LogP contribution in [0.3, 0.4) is 0 Å². The van der Waals surface area contributed by atoms with Crippen molar-refractivity contribution in [2.75, 3.05) is 7.11 Å². The smallest absolute Gasteiger partial charge is 0.307 e. The highest BCUT2D eigenvalue weighted by Crippen LogP contribution is 2.28. The first-order chi connectivity index (χ1) is 10.3. The van der Waals surface area contributed by atoms with Crippen LogP contribution in [0.25, 0.3) is 11.0 Å². The van der Waals surface area contributed by atoms with E-state index in [1.54, 1.807) is 25.5 Å². The third-order valence-corrected chi connectivity index (χ3v) is 3.66. The third-order valence-electron chi connectivity index (χ3n) is 2.85. The summed E-state index contributed by atoms with van der Waals surface area (Å²) in [4.78, 5) is 12.9. The van der Waals surface area contributed by atoms with Gasteiger partial charge in [-0.1, -0.05) is 18.2 Å². The Hall–Kier alpha value is -2.60. The van der Waals surface area contributed by atoms with Crippen molar-refractivity contribution in [3.63, 3.8) is 0 Å². The number of furan rings is 1. The number of hydrogen-bond donors (Lipinski definition) is 1. The topological polar surface area (TPSA) is 63.8 Å². The molecule has 1 aromatic carbocycles. The summed E-state index contributed by atoms with van der Waals surface area (Å²) in [6, 6.07) is 11.0. The van der Waals surface area contributed by atoms with Crippen molar-refractivity contribution < 1.29 is 13.9 Å². The molecule has 0 radical (unpaired) electrons. The number of carbonyl (C=O) groups is 1. The standard InChI is InChI=1S/C15H12N2O3S/c1-19-12-6-2-4-10-8-13(20-14(10)12)15(18)17-16-9-11-5-3-7-21-11/h2-9H,1H3,(H,17,18)/b16-9-. The van der Waals surface area contributed by atoms with Gasteiger partial charge in [-0.15, -0.1) is 11.3 Å². The van der Waals surface area contributed by atoms with Crippen LogP contribution in [0.1, 0.15) is 15.4 Å². The van der Waals surface area contributed by atoms with E-state index < -0.39 is 5.91 Å². The highest BCUT2D eigenvalue weighted by molar-refractivity contribution is 7.11. The Morgan fingerprint density at radius 1 is 1.38 bits per heavy atom. The van der Waals surface area contributed by atoms with E-state index in [-0.39, 0.29) is 5.76 Å². The lowest BCUT2D eigenvalue weighted by Crippen LogP contribution is -2.16. The summed E-state index contributed by atoms with van der Waals surface area (Å²) in [5.41, 5.74) is 2.99. The molecule has 3 aromatic rings. The molecule has 0 spiro atoms. The molecule has 0 fully saturated rings. The predicted octanol–water partition coefficient (Wildman–Crippen LogP) is 3.27. The second kappa shape index (κ2) is 5.80. The molecular weight excluding hydrogens is 288 g/mol. The van der Waals surface area contributed by atoms with Crippen LogP contribution in [-0.4, -0.2) is 19.2 Å². The number of fused-ring (bicyclic) bond motifs is 1. The van der Waals surface area contributed by atoms with E-state index in [2.05, 4.69) is 10.5 Å². The zero-order chi connectivity index (χ0) is 14.7. The Morgan fingerprint density at radius 3 is 3.05 bits per heavy atom. The Labute approximate surface area is 124 Å². The molecule has 6 heteroatoms.